The summed E-state index contributed by atoms with van der Waals surface area (Å²) < 4.78 is 1.66. The number of nitrogens with two attached hydrogens (primary N) is 1. The molecule has 1 aromatic carbocycles. The highest BCUT2D eigenvalue weighted by molar-refractivity contribution is 5.85. The van der Waals surface area contributed by atoms with Crippen LogP contribution in [0.2, 0.25) is 0 Å². The van der Waals surface area contributed by atoms with E-state index in [1.54, 1.807) is 28.0 Å². The van der Waals surface area contributed by atoms with Gasteiger partial charge in [0.2, 0.25) is 5.91 Å². The van der Waals surface area contributed by atoms with Crippen LogP contribution in [0.5, 0.6) is 0 Å². The van der Waals surface area contributed by atoms with Gasteiger partial charge in [0.25, 0.3) is 5.91 Å². The first-order chi connectivity index (χ1) is 11.2. The summed E-state index contributed by atoms with van der Waals surface area (Å²) in [5.74, 6) is -0.648. The molecule has 0 bridgehead atoms. The van der Waals surface area contributed by atoms with Crippen molar-refractivity contribution in [3.63, 3.8) is 0 Å². The minimum Gasteiger partial charge on any atom is -0.369 e. The van der Waals surface area contributed by atoms with Crippen molar-refractivity contribution in [1.82, 2.24) is 14.7 Å². The second-order valence-electron chi connectivity index (χ2n) is 5.83. The molecule has 0 saturated carbocycles. The molecule has 2 heterocycles. The highest BCUT2D eigenvalue weighted by atomic mass is 16.2. The molecule has 1 fully saturated rings. The van der Waals surface area contributed by atoms with Gasteiger partial charge in [0, 0.05) is 25.5 Å². The molecule has 0 radical (unpaired) electrons. The van der Waals surface area contributed by atoms with Crippen LogP contribution in [-0.4, -0.2) is 39.6 Å². The zero-order valence-electron chi connectivity index (χ0n) is 12.8. The Morgan fingerprint density at radius 2 is 2.00 bits per heavy atom. The fourth-order valence-electron chi connectivity index (χ4n) is 3.06. The van der Waals surface area contributed by atoms with Gasteiger partial charge in [-0.3, -0.25) is 14.3 Å². The summed E-state index contributed by atoms with van der Waals surface area (Å²) in [5, 5.41) is 4.24. The van der Waals surface area contributed by atoms with Crippen molar-refractivity contribution in [2.75, 3.05) is 13.1 Å². The molecule has 2 atom stereocenters. The van der Waals surface area contributed by atoms with Crippen LogP contribution in [0.1, 0.15) is 24.4 Å². The standard InChI is InChI=1S/C17H20N4O2/c18-16(22)14-8-4-10-20(12-14)17(23)15(21-11-5-9-19-21)13-6-2-1-3-7-13/h1-3,5-7,9,11,14-15H,4,8,10,12H2,(H2,18,22)/t14-,15-/m0/s1. The molecule has 1 aliphatic heterocycles. The molecular weight excluding hydrogens is 292 g/mol. The number of aromatic nitrogens is 2. The molecule has 3 rings (SSSR count). The normalized spacial score (nSPS) is 19.3. The number of hydrogen-bond acceptors (Lipinski definition) is 3. The summed E-state index contributed by atoms with van der Waals surface area (Å²) in [7, 11) is 0. The number of nitrogens with zero attached hydrogens (tertiary/aromatic N) is 3. The molecule has 23 heavy (non-hydrogen) atoms. The number of piperidine rings is 1. The van der Waals surface area contributed by atoms with Crippen LogP contribution < -0.4 is 5.73 Å². The van der Waals surface area contributed by atoms with E-state index in [4.69, 9.17) is 5.73 Å². The Labute approximate surface area is 134 Å². The molecule has 1 aliphatic rings. The van der Waals surface area contributed by atoms with E-state index in [0.29, 0.717) is 13.1 Å². The van der Waals surface area contributed by atoms with Gasteiger partial charge in [-0.15, -0.1) is 0 Å². The Kier molecular flexibility index (Phi) is 4.41. The van der Waals surface area contributed by atoms with Crippen LogP contribution in [0.3, 0.4) is 0 Å². The van der Waals surface area contributed by atoms with Crippen molar-refractivity contribution < 1.29 is 9.59 Å². The van der Waals surface area contributed by atoms with Gasteiger partial charge in [0.1, 0.15) is 0 Å². The van der Waals surface area contributed by atoms with Crippen molar-refractivity contribution in [1.29, 1.82) is 0 Å². The van der Waals surface area contributed by atoms with Crippen LogP contribution in [-0.2, 0) is 9.59 Å². The molecule has 1 aromatic heterocycles. The minimum atomic E-state index is -0.516. The predicted octanol–water partition coefficient (Wildman–Crippen LogP) is 1.20. The molecule has 6 nitrogen and oxygen atoms in total. The van der Waals surface area contributed by atoms with Gasteiger partial charge in [-0.2, -0.15) is 5.10 Å². The van der Waals surface area contributed by atoms with Crippen LogP contribution in [0.25, 0.3) is 0 Å². The number of amides is 2. The lowest BCUT2D eigenvalue weighted by molar-refractivity contribution is -0.137. The highest BCUT2D eigenvalue weighted by Crippen LogP contribution is 2.24. The SMILES string of the molecule is NC(=O)[C@H]1CCCN(C(=O)[C@H](c2ccccc2)n2cccn2)C1. The Hall–Kier alpha value is -2.63. The first-order valence-corrected chi connectivity index (χ1v) is 7.79. The summed E-state index contributed by atoms with van der Waals surface area (Å²) in [5.41, 5.74) is 6.29. The first-order valence-electron chi connectivity index (χ1n) is 7.79. The maximum atomic E-state index is 13.1. The van der Waals surface area contributed by atoms with Crippen LogP contribution >= 0.6 is 0 Å². The number of primary amides is 1. The van der Waals surface area contributed by atoms with Crippen molar-refractivity contribution in [2.45, 2.75) is 18.9 Å². The van der Waals surface area contributed by atoms with E-state index >= 15 is 0 Å². The van der Waals surface area contributed by atoms with Gasteiger partial charge in [0.05, 0.1) is 5.92 Å². The number of benzene rings is 1. The molecule has 2 amide bonds. The van der Waals surface area contributed by atoms with Crippen molar-refractivity contribution in [3.05, 3.63) is 54.4 Å². The van der Waals surface area contributed by atoms with Gasteiger partial charge < -0.3 is 10.6 Å². The van der Waals surface area contributed by atoms with Crippen molar-refractivity contribution >= 4 is 11.8 Å². The van der Waals surface area contributed by atoms with Gasteiger partial charge in [-0.05, 0) is 24.5 Å². The molecule has 2 N–H and O–H groups in total. The third kappa shape index (κ3) is 3.26. The average Bonchev–Trinajstić information content (AvgIpc) is 3.10. The second-order valence-corrected chi connectivity index (χ2v) is 5.83. The fraction of sp³-hybridized carbons (Fsp3) is 0.353. The minimum absolute atomic E-state index is 0.0501. The maximum absolute atomic E-state index is 13.1. The number of rotatable bonds is 4. The lowest BCUT2D eigenvalue weighted by Gasteiger charge is -2.34. The van der Waals surface area contributed by atoms with Gasteiger partial charge in [-0.25, -0.2) is 0 Å². The quantitative estimate of drug-likeness (QED) is 0.921. The van der Waals surface area contributed by atoms with Crippen molar-refractivity contribution in [2.24, 2.45) is 11.7 Å². The van der Waals surface area contributed by atoms with Gasteiger partial charge in [-0.1, -0.05) is 30.3 Å². The predicted molar refractivity (Wildman–Crippen MR) is 85.3 cm³/mol. The molecule has 1 saturated heterocycles. The summed E-state index contributed by atoms with van der Waals surface area (Å²) >= 11 is 0. The molecule has 6 heteroatoms. The average molecular weight is 312 g/mol. The fourth-order valence-corrected chi connectivity index (χ4v) is 3.06. The van der Waals surface area contributed by atoms with E-state index in [2.05, 4.69) is 5.10 Å². The third-order valence-electron chi connectivity index (χ3n) is 4.27. The highest BCUT2D eigenvalue weighted by Gasteiger charge is 2.32. The zero-order chi connectivity index (χ0) is 16.2. The van der Waals surface area contributed by atoms with Gasteiger partial charge >= 0.3 is 0 Å². The Morgan fingerprint density at radius 3 is 2.65 bits per heavy atom. The number of carbonyl (C=O) groups excluding carboxylic acids is 2. The Balaban J connectivity index is 1.88. The molecule has 120 valence electrons. The molecule has 0 aliphatic carbocycles. The monoisotopic (exact) mass is 312 g/mol. The number of hydrogen-bond donors (Lipinski definition) is 1. The molecule has 2 aromatic rings. The zero-order valence-corrected chi connectivity index (χ0v) is 12.8. The van der Waals surface area contributed by atoms with E-state index < -0.39 is 6.04 Å². The first kappa shape index (κ1) is 15.3. The molecular formula is C17H20N4O2. The third-order valence-corrected chi connectivity index (χ3v) is 4.27. The summed E-state index contributed by atoms with van der Waals surface area (Å²) in [6.45, 7) is 1.03. The van der Waals surface area contributed by atoms with E-state index in [1.807, 2.05) is 30.3 Å². The molecule has 0 spiro atoms. The van der Waals surface area contributed by atoms with E-state index in [9.17, 15) is 9.59 Å². The van der Waals surface area contributed by atoms with E-state index in [-0.39, 0.29) is 17.7 Å². The van der Waals surface area contributed by atoms with Gasteiger partial charge in [0.15, 0.2) is 6.04 Å². The number of likely N-dealkylation sites (tertiary alicyclic amines) is 1. The Bertz CT molecular complexity index is 669. The van der Waals surface area contributed by atoms with E-state index in [0.717, 1.165) is 18.4 Å². The van der Waals surface area contributed by atoms with Crippen molar-refractivity contribution in [3.8, 4) is 0 Å². The topological polar surface area (TPSA) is 81.2 Å². The lowest BCUT2D eigenvalue weighted by Crippen LogP contribution is -2.46. The summed E-state index contributed by atoms with van der Waals surface area (Å²) in [4.78, 5) is 26.3. The smallest absolute Gasteiger partial charge is 0.252 e. The summed E-state index contributed by atoms with van der Waals surface area (Å²) in [6.07, 6.45) is 4.98. The largest absolute Gasteiger partial charge is 0.369 e. The van der Waals surface area contributed by atoms with Crippen LogP contribution in [0.4, 0.5) is 0 Å². The Morgan fingerprint density at radius 1 is 1.22 bits per heavy atom. The summed E-state index contributed by atoms with van der Waals surface area (Å²) in [6, 6.07) is 10.8. The van der Waals surface area contributed by atoms with E-state index in [1.165, 1.54) is 0 Å². The lowest BCUT2D eigenvalue weighted by atomic mass is 9.96. The second kappa shape index (κ2) is 6.64. The number of carbonyl (C=O) groups is 2. The molecule has 0 unspecified atom stereocenters. The van der Waals surface area contributed by atoms with Crippen LogP contribution in [0, 0.1) is 5.92 Å². The van der Waals surface area contributed by atoms with Crippen LogP contribution in [0.15, 0.2) is 48.8 Å². The maximum Gasteiger partial charge on any atom is 0.252 e.